The van der Waals surface area contributed by atoms with Crippen molar-refractivity contribution in [1.82, 2.24) is 10.6 Å². The van der Waals surface area contributed by atoms with Crippen molar-refractivity contribution in [3.05, 3.63) is 21.4 Å². The van der Waals surface area contributed by atoms with Crippen molar-refractivity contribution in [3.8, 4) is 0 Å². The highest BCUT2D eigenvalue weighted by Gasteiger charge is 2.15. The molecule has 2 N–H and O–H groups in total. The Hall–Kier alpha value is -0.380. The molecule has 2 unspecified atom stereocenters. The summed E-state index contributed by atoms with van der Waals surface area (Å²) in [7, 11) is 0. The van der Waals surface area contributed by atoms with Gasteiger partial charge in [-0.05, 0) is 58.2 Å². The molecule has 1 aliphatic rings. The lowest BCUT2D eigenvalue weighted by Gasteiger charge is -2.26. The van der Waals surface area contributed by atoms with Gasteiger partial charge in [0.05, 0.1) is 0 Å². The summed E-state index contributed by atoms with van der Waals surface area (Å²) in [6, 6.07) is 3.65. The zero-order chi connectivity index (χ0) is 13.0. The van der Waals surface area contributed by atoms with E-state index in [9.17, 15) is 0 Å². The number of rotatable bonds is 5. The molecule has 1 aliphatic heterocycles. The molecule has 2 atom stereocenters. The summed E-state index contributed by atoms with van der Waals surface area (Å²) < 4.78 is 0. The first-order valence-corrected chi connectivity index (χ1v) is 7.99. The molecule has 0 spiro atoms. The molecule has 102 valence electrons. The van der Waals surface area contributed by atoms with Gasteiger partial charge in [-0.15, -0.1) is 11.3 Å². The highest BCUT2D eigenvalue weighted by Crippen LogP contribution is 2.20. The van der Waals surface area contributed by atoms with E-state index in [1.807, 2.05) is 11.3 Å². The third-order valence-electron chi connectivity index (χ3n) is 3.89. The Morgan fingerprint density at radius 2 is 2.28 bits per heavy atom. The van der Waals surface area contributed by atoms with E-state index in [-0.39, 0.29) is 0 Å². The number of thiophene rings is 1. The minimum atomic E-state index is 0.600. The molecule has 2 rings (SSSR count). The Morgan fingerprint density at radius 3 is 2.89 bits per heavy atom. The quantitative estimate of drug-likeness (QED) is 0.854. The topological polar surface area (TPSA) is 24.1 Å². The second-order valence-corrected chi connectivity index (χ2v) is 6.96. The Bertz CT molecular complexity index is 347. The predicted octanol–water partition coefficient (Wildman–Crippen LogP) is 3.38. The summed E-state index contributed by atoms with van der Waals surface area (Å²) in [5, 5.41) is 7.28. The molecule has 2 nitrogen and oxygen atoms in total. The monoisotopic (exact) mass is 266 g/mol. The Labute approximate surface area is 115 Å². The van der Waals surface area contributed by atoms with Gasteiger partial charge in [0.1, 0.15) is 0 Å². The number of hydrogen-bond acceptors (Lipinski definition) is 3. The standard InChI is InChI=1S/C15H26N2S/c1-11-8-15(18-13(11)3)10-17-12(2)9-14-6-4-5-7-16-14/h8,12,14,16-17H,4-7,9-10H2,1-3H3. The molecule has 0 amide bonds. The average Bonchev–Trinajstić information content (AvgIpc) is 2.68. The van der Waals surface area contributed by atoms with Crippen molar-refractivity contribution < 1.29 is 0 Å². The van der Waals surface area contributed by atoms with Gasteiger partial charge in [-0.3, -0.25) is 0 Å². The highest BCUT2D eigenvalue weighted by molar-refractivity contribution is 7.12. The smallest absolute Gasteiger partial charge is 0.0302 e. The lowest BCUT2D eigenvalue weighted by atomic mass is 9.99. The van der Waals surface area contributed by atoms with E-state index in [2.05, 4.69) is 37.5 Å². The number of piperidine rings is 1. The van der Waals surface area contributed by atoms with Crippen molar-refractivity contribution in [2.75, 3.05) is 6.54 Å². The van der Waals surface area contributed by atoms with Gasteiger partial charge in [-0.25, -0.2) is 0 Å². The van der Waals surface area contributed by atoms with Crippen LogP contribution in [0.1, 0.15) is 47.9 Å². The van der Waals surface area contributed by atoms with Crippen molar-refractivity contribution in [3.63, 3.8) is 0 Å². The van der Waals surface area contributed by atoms with Gasteiger partial charge < -0.3 is 10.6 Å². The summed E-state index contributed by atoms with van der Waals surface area (Å²) in [5.41, 5.74) is 1.43. The molecule has 1 aromatic heterocycles. The lowest BCUT2D eigenvalue weighted by Crippen LogP contribution is -2.39. The van der Waals surface area contributed by atoms with Crippen molar-refractivity contribution >= 4 is 11.3 Å². The second-order valence-electron chi connectivity index (χ2n) is 5.62. The fourth-order valence-electron chi connectivity index (χ4n) is 2.65. The first-order valence-electron chi connectivity index (χ1n) is 7.18. The summed E-state index contributed by atoms with van der Waals surface area (Å²) in [5.74, 6) is 0. The first kappa shape index (κ1) is 14.0. The number of nitrogens with one attached hydrogen (secondary N) is 2. The maximum Gasteiger partial charge on any atom is 0.0302 e. The molecule has 1 fully saturated rings. The average molecular weight is 266 g/mol. The van der Waals surface area contributed by atoms with Gasteiger partial charge >= 0.3 is 0 Å². The number of hydrogen-bond donors (Lipinski definition) is 2. The van der Waals surface area contributed by atoms with Crippen LogP contribution < -0.4 is 10.6 Å². The minimum Gasteiger partial charge on any atom is -0.314 e. The summed E-state index contributed by atoms with van der Waals surface area (Å²) in [4.78, 5) is 2.92. The lowest BCUT2D eigenvalue weighted by molar-refractivity contribution is 0.345. The van der Waals surface area contributed by atoms with Gasteiger partial charge in [-0.1, -0.05) is 6.42 Å². The van der Waals surface area contributed by atoms with E-state index in [0.717, 1.165) is 12.6 Å². The van der Waals surface area contributed by atoms with Crippen LogP contribution in [0.15, 0.2) is 6.07 Å². The molecule has 0 radical (unpaired) electrons. The van der Waals surface area contributed by atoms with Crippen LogP contribution in [-0.4, -0.2) is 18.6 Å². The van der Waals surface area contributed by atoms with E-state index >= 15 is 0 Å². The van der Waals surface area contributed by atoms with Crippen molar-refractivity contribution in [2.45, 2.75) is 65.1 Å². The van der Waals surface area contributed by atoms with Gasteiger partial charge in [0.15, 0.2) is 0 Å². The highest BCUT2D eigenvalue weighted by atomic mass is 32.1. The molecule has 0 saturated carbocycles. The molecular formula is C15H26N2S. The summed E-state index contributed by atoms with van der Waals surface area (Å²) >= 11 is 1.92. The maximum absolute atomic E-state index is 3.66. The normalized spacial score (nSPS) is 22.1. The molecule has 0 aliphatic carbocycles. The van der Waals surface area contributed by atoms with Gasteiger partial charge in [-0.2, -0.15) is 0 Å². The molecule has 18 heavy (non-hydrogen) atoms. The van der Waals surface area contributed by atoms with E-state index in [4.69, 9.17) is 0 Å². The van der Waals surface area contributed by atoms with Gasteiger partial charge in [0, 0.05) is 28.4 Å². The van der Waals surface area contributed by atoms with Crippen LogP contribution in [0.3, 0.4) is 0 Å². The third-order valence-corrected chi connectivity index (χ3v) is 5.04. The molecule has 2 heterocycles. The van der Waals surface area contributed by atoms with Crippen molar-refractivity contribution in [2.24, 2.45) is 0 Å². The Morgan fingerprint density at radius 1 is 1.44 bits per heavy atom. The van der Waals surface area contributed by atoms with Crippen LogP contribution in [0, 0.1) is 13.8 Å². The van der Waals surface area contributed by atoms with E-state index in [1.165, 1.54) is 47.5 Å². The first-order chi connectivity index (χ1) is 8.65. The van der Waals surface area contributed by atoms with Crippen LogP contribution in [0.5, 0.6) is 0 Å². The van der Waals surface area contributed by atoms with Crippen LogP contribution in [0.25, 0.3) is 0 Å². The van der Waals surface area contributed by atoms with Crippen LogP contribution in [-0.2, 0) is 6.54 Å². The zero-order valence-electron chi connectivity index (χ0n) is 11.9. The molecule has 3 heteroatoms. The van der Waals surface area contributed by atoms with Crippen LogP contribution >= 0.6 is 11.3 Å². The van der Waals surface area contributed by atoms with E-state index in [1.54, 1.807) is 0 Å². The molecule has 0 bridgehead atoms. The third kappa shape index (κ3) is 4.08. The predicted molar refractivity (Wildman–Crippen MR) is 80.4 cm³/mol. The molecule has 1 saturated heterocycles. The Balaban J connectivity index is 1.72. The largest absolute Gasteiger partial charge is 0.314 e. The second kappa shape index (κ2) is 6.69. The van der Waals surface area contributed by atoms with Crippen molar-refractivity contribution in [1.29, 1.82) is 0 Å². The summed E-state index contributed by atoms with van der Waals surface area (Å²) in [6.45, 7) is 8.95. The van der Waals surface area contributed by atoms with Crippen LogP contribution in [0.4, 0.5) is 0 Å². The molecule has 0 aromatic carbocycles. The fourth-order valence-corrected chi connectivity index (χ4v) is 3.65. The molecule has 1 aromatic rings. The minimum absolute atomic E-state index is 0.600. The number of aryl methyl sites for hydroxylation is 2. The summed E-state index contributed by atoms with van der Waals surface area (Å²) in [6.07, 6.45) is 5.35. The fraction of sp³-hybridized carbons (Fsp3) is 0.733. The Kier molecular flexibility index (Phi) is 5.22. The van der Waals surface area contributed by atoms with E-state index in [0.29, 0.717) is 6.04 Å². The van der Waals surface area contributed by atoms with Crippen LogP contribution in [0.2, 0.25) is 0 Å². The van der Waals surface area contributed by atoms with Gasteiger partial charge in [0.25, 0.3) is 0 Å². The van der Waals surface area contributed by atoms with Gasteiger partial charge in [0.2, 0.25) is 0 Å². The zero-order valence-corrected chi connectivity index (χ0v) is 12.7. The maximum atomic E-state index is 3.66. The molecular weight excluding hydrogens is 240 g/mol. The van der Waals surface area contributed by atoms with E-state index < -0.39 is 0 Å². The SMILES string of the molecule is Cc1cc(CNC(C)CC2CCCCN2)sc1C.